The number of hydrogen-bond acceptors (Lipinski definition) is 4. The van der Waals surface area contributed by atoms with E-state index in [-0.39, 0.29) is 0 Å². The summed E-state index contributed by atoms with van der Waals surface area (Å²) in [5, 5.41) is 21.8. The Morgan fingerprint density at radius 1 is 1.35 bits per heavy atom. The third-order valence-electron chi connectivity index (χ3n) is 2.86. The van der Waals surface area contributed by atoms with Crippen molar-refractivity contribution in [2.75, 3.05) is 26.2 Å². The molecule has 0 atom stereocenters. The number of nitrogens with one attached hydrogen (secondary N) is 1. The second kappa shape index (κ2) is 5.20. The second-order valence-electron chi connectivity index (χ2n) is 4.04. The SMILES string of the molecule is Oc1cc(Br)c(CN2CCNCC2)c(F)c1O. The van der Waals surface area contributed by atoms with Gasteiger partial charge in [0.2, 0.25) is 0 Å². The molecule has 1 aromatic rings. The van der Waals surface area contributed by atoms with Gasteiger partial charge in [-0.15, -0.1) is 0 Å². The van der Waals surface area contributed by atoms with Crippen molar-refractivity contribution < 1.29 is 14.6 Å². The van der Waals surface area contributed by atoms with Crippen LogP contribution in [0, 0.1) is 5.82 Å². The molecule has 0 radical (unpaired) electrons. The van der Waals surface area contributed by atoms with Gasteiger partial charge in [-0.3, -0.25) is 4.90 Å². The molecule has 0 spiro atoms. The third kappa shape index (κ3) is 2.70. The summed E-state index contributed by atoms with van der Waals surface area (Å²) < 4.78 is 14.3. The number of piperazine rings is 1. The molecule has 1 aromatic carbocycles. The number of rotatable bonds is 2. The number of phenolic OH excluding ortho intramolecular Hbond substituents is 2. The van der Waals surface area contributed by atoms with Gasteiger partial charge in [0.25, 0.3) is 0 Å². The van der Waals surface area contributed by atoms with Crippen LogP contribution in [-0.4, -0.2) is 41.3 Å². The number of aromatic hydroxyl groups is 2. The van der Waals surface area contributed by atoms with Crippen LogP contribution in [0.3, 0.4) is 0 Å². The van der Waals surface area contributed by atoms with Gasteiger partial charge in [0.15, 0.2) is 17.3 Å². The number of benzene rings is 1. The minimum Gasteiger partial charge on any atom is -0.504 e. The van der Waals surface area contributed by atoms with Crippen LogP contribution in [0.1, 0.15) is 5.56 Å². The van der Waals surface area contributed by atoms with Crippen LogP contribution >= 0.6 is 15.9 Å². The van der Waals surface area contributed by atoms with Crippen molar-refractivity contribution in [2.45, 2.75) is 6.54 Å². The summed E-state index contributed by atoms with van der Waals surface area (Å²) >= 11 is 3.21. The van der Waals surface area contributed by atoms with Crippen molar-refractivity contribution in [1.82, 2.24) is 10.2 Å². The van der Waals surface area contributed by atoms with Crippen molar-refractivity contribution in [2.24, 2.45) is 0 Å². The molecular formula is C11H14BrFN2O2. The lowest BCUT2D eigenvalue weighted by Crippen LogP contribution is -2.43. The van der Waals surface area contributed by atoms with Gasteiger partial charge in [0.05, 0.1) is 0 Å². The molecule has 94 valence electrons. The largest absolute Gasteiger partial charge is 0.504 e. The molecule has 0 aliphatic carbocycles. The van der Waals surface area contributed by atoms with Crippen molar-refractivity contribution in [3.63, 3.8) is 0 Å². The lowest BCUT2D eigenvalue weighted by Gasteiger charge is -2.27. The Morgan fingerprint density at radius 3 is 2.65 bits per heavy atom. The van der Waals surface area contributed by atoms with Crippen LogP contribution < -0.4 is 5.32 Å². The van der Waals surface area contributed by atoms with E-state index in [1.807, 2.05) is 0 Å². The lowest BCUT2D eigenvalue weighted by atomic mass is 10.1. The molecule has 1 fully saturated rings. The Balaban J connectivity index is 2.22. The van der Waals surface area contributed by atoms with Crippen LogP contribution in [0.5, 0.6) is 11.5 Å². The van der Waals surface area contributed by atoms with Gasteiger partial charge in [0, 0.05) is 42.8 Å². The predicted octanol–water partition coefficient (Wildman–Crippen LogP) is 1.40. The Labute approximate surface area is 107 Å². The average Bonchev–Trinajstić information content (AvgIpc) is 2.33. The zero-order chi connectivity index (χ0) is 12.4. The van der Waals surface area contributed by atoms with Crippen molar-refractivity contribution in [3.05, 3.63) is 21.9 Å². The average molecular weight is 305 g/mol. The molecule has 4 nitrogen and oxygen atoms in total. The van der Waals surface area contributed by atoms with E-state index in [0.29, 0.717) is 16.6 Å². The molecular weight excluding hydrogens is 291 g/mol. The van der Waals surface area contributed by atoms with E-state index in [9.17, 15) is 14.6 Å². The van der Waals surface area contributed by atoms with Crippen molar-refractivity contribution in [1.29, 1.82) is 0 Å². The van der Waals surface area contributed by atoms with Gasteiger partial charge in [-0.05, 0) is 6.07 Å². The number of halogens is 2. The first kappa shape index (κ1) is 12.6. The van der Waals surface area contributed by atoms with Crippen LogP contribution in [0.25, 0.3) is 0 Å². The van der Waals surface area contributed by atoms with Gasteiger partial charge < -0.3 is 15.5 Å². The zero-order valence-electron chi connectivity index (χ0n) is 9.21. The summed E-state index contributed by atoms with van der Waals surface area (Å²) in [5.41, 5.74) is 0.377. The Kier molecular flexibility index (Phi) is 3.86. The normalized spacial score (nSPS) is 17.3. The Morgan fingerprint density at radius 2 is 2.00 bits per heavy atom. The summed E-state index contributed by atoms with van der Waals surface area (Å²) in [6.07, 6.45) is 0. The number of hydrogen-bond donors (Lipinski definition) is 3. The maximum absolute atomic E-state index is 13.8. The number of nitrogens with zero attached hydrogens (tertiary/aromatic N) is 1. The summed E-state index contributed by atoms with van der Waals surface area (Å²) in [6, 6.07) is 1.32. The van der Waals surface area contributed by atoms with Crippen LogP contribution in [0.2, 0.25) is 0 Å². The summed E-state index contributed by atoms with van der Waals surface area (Å²) in [7, 11) is 0. The quantitative estimate of drug-likeness (QED) is 0.723. The molecule has 1 aliphatic rings. The standard InChI is InChI=1S/C11H14BrFN2O2/c12-8-5-9(16)11(17)10(13)7(8)6-15-3-1-14-2-4-15/h5,14,16-17H,1-4,6H2. The van der Waals surface area contributed by atoms with E-state index >= 15 is 0 Å². The molecule has 1 heterocycles. The summed E-state index contributed by atoms with van der Waals surface area (Å²) in [6.45, 7) is 3.86. The van der Waals surface area contributed by atoms with E-state index in [0.717, 1.165) is 26.2 Å². The Hall–Kier alpha value is -0.850. The molecule has 1 saturated heterocycles. The highest BCUT2D eigenvalue weighted by Gasteiger charge is 2.19. The highest BCUT2D eigenvalue weighted by molar-refractivity contribution is 9.10. The maximum atomic E-state index is 13.8. The molecule has 6 heteroatoms. The van der Waals surface area contributed by atoms with Crippen LogP contribution in [0.4, 0.5) is 4.39 Å². The predicted molar refractivity (Wildman–Crippen MR) is 65.6 cm³/mol. The van der Waals surface area contributed by atoms with E-state index in [1.54, 1.807) is 0 Å². The fourth-order valence-electron chi connectivity index (χ4n) is 1.87. The minimum atomic E-state index is -0.754. The molecule has 0 bridgehead atoms. The van der Waals surface area contributed by atoms with Gasteiger partial charge in [-0.25, -0.2) is 4.39 Å². The fraction of sp³-hybridized carbons (Fsp3) is 0.455. The molecule has 0 aromatic heterocycles. The summed E-state index contributed by atoms with van der Waals surface area (Å²) in [5.74, 6) is -1.88. The molecule has 2 rings (SSSR count). The van der Waals surface area contributed by atoms with Crippen LogP contribution in [0.15, 0.2) is 10.5 Å². The highest BCUT2D eigenvalue weighted by atomic mass is 79.9. The number of phenols is 2. The molecule has 3 N–H and O–H groups in total. The smallest absolute Gasteiger partial charge is 0.194 e. The molecule has 0 unspecified atom stereocenters. The van der Waals surface area contributed by atoms with Crippen molar-refractivity contribution in [3.8, 4) is 11.5 Å². The lowest BCUT2D eigenvalue weighted by molar-refractivity contribution is 0.228. The monoisotopic (exact) mass is 304 g/mol. The molecule has 0 saturated carbocycles. The summed E-state index contributed by atoms with van der Waals surface area (Å²) in [4.78, 5) is 2.09. The topological polar surface area (TPSA) is 55.7 Å². The minimum absolute atomic E-state index is 0.377. The third-order valence-corrected chi connectivity index (χ3v) is 3.57. The van der Waals surface area contributed by atoms with Gasteiger partial charge in [0.1, 0.15) is 0 Å². The van der Waals surface area contributed by atoms with Gasteiger partial charge in [-0.1, -0.05) is 15.9 Å². The second-order valence-corrected chi connectivity index (χ2v) is 4.90. The van der Waals surface area contributed by atoms with E-state index in [2.05, 4.69) is 26.1 Å². The molecule has 17 heavy (non-hydrogen) atoms. The fourth-order valence-corrected chi connectivity index (χ4v) is 2.39. The van der Waals surface area contributed by atoms with Crippen molar-refractivity contribution >= 4 is 15.9 Å². The van der Waals surface area contributed by atoms with E-state index in [1.165, 1.54) is 6.07 Å². The first-order chi connectivity index (χ1) is 8.09. The van der Waals surface area contributed by atoms with Crippen LogP contribution in [-0.2, 0) is 6.54 Å². The van der Waals surface area contributed by atoms with E-state index < -0.39 is 17.3 Å². The highest BCUT2D eigenvalue weighted by Crippen LogP contribution is 2.35. The molecule has 0 amide bonds. The first-order valence-electron chi connectivity index (χ1n) is 5.41. The van der Waals surface area contributed by atoms with E-state index in [4.69, 9.17) is 0 Å². The van der Waals surface area contributed by atoms with Gasteiger partial charge in [-0.2, -0.15) is 0 Å². The van der Waals surface area contributed by atoms with Gasteiger partial charge >= 0.3 is 0 Å². The molecule has 1 aliphatic heterocycles. The first-order valence-corrected chi connectivity index (χ1v) is 6.20. The zero-order valence-corrected chi connectivity index (χ0v) is 10.8. The Bertz CT molecular complexity index is 422. The maximum Gasteiger partial charge on any atom is 0.194 e.